The average molecular weight is 462 g/mol. The predicted octanol–water partition coefficient (Wildman–Crippen LogP) is 5.12. The van der Waals surface area contributed by atoms with E-state index in [1.807, 2.05) is 44.2 Å². The third-order valence-corrected chi connectivity index (χ3v) is 6.01. The molecule has 0 aliphatic carbocycles. The van der Waals surface area contributed by atoms with Crippen LogP contribution in [0, 0.1) is 6.92 Å². The van der Waals surface area contributed by atoms with Gasteiger partial charge in [0.05, 0.1) is 25.1 Å². The van der Waals surface area contributed by atoms with Gasteiger partial charge in [-0.1, -0.05) is 11.6 Å². The van der Waals surface area contributed by atoms with Gasteiger partial charge in [0.15, 0.2) is 0 Å². The maximum Gasteiger partial charge on any atom is 0.262 e. The van der Waals surface area contributed by atoms with E-state index in [4.69, 9.17) is 16.3 Å². The molecule has 0 saturated heterocycles. The van der Waals surface area contributed by atoms with Gasteiger partial charge in [-0.05, 0) is 79.6 Å². The number of ether oxygens (including phenoxy) is 1. The van der Waals surface area contributed by atoms with E-state index in [1.54, 1.807) is 48.3 Å². The Hall–Kier alpha value is -3.64. The number of amides is 1. The number of methoxy groups -OCH3 is 1. The number of aromatic nitrogens is 2. The molecule has 2 aromatic carbocycles. The summed E-state index contributed by atoms with van der Waals surface area (Å²) < 4.78 is 7.04. The zero-order valence-electron chi connectivity index (χ0n) is 18.6. The van der Waals surface area contributed by atoms with Crippen LogP contribution in [0.3, 0.4) is 0 Å². The SMILES string of the molecule is COc1ccc2c(c1)c(CC(=O)N[C@@H](C)c1ccncc1)c(C)n2C(=O)c1ccc(Cl)cc1. The van der Waals surface area contributed by atoms with Crippen molar-refractivity contribution in [1.82, 2.24) is 14.9 Å². The third-order valence-electron chi connectivity index (χ3n) is 5.76. The quantitative estimate of drug-likeness (QED) is 0.432. The molecular weight excluding hydrogens is 438 g/mol. The number of carbonyl (C=O) groups is 2. The summed E-state index contributed by atoms with van der Waals surface area (Å²) in [6.45, 7) is 3.78. The molecule has 1 N–H and O–H groups in total. The van der Waals surface area contributed by atoms with Crippen LogP contribution in [0.4, 0.5) is 0 Å². The number of carbonyl (C=O) groups excluding carboxylic acids is 2. The lowest BCUT2D eigenvalue weighted by Gasteiger charge is -2.14. The third kappa shape index (κ3) is 4.61. The van der Waals surface area contributed by atoms with Crippen molar-refractivity contribution in [3.05, 3.63) is 94.4 Å². The van der Waals surface area contributed by atoms with E-state index in [2.05, 4.69) is 10.3 Å². The van der Waals surface area contributed by atoms with Crippen LogP contribution in [0.25, 0.3) is 10.9 Å². The molecular formula is C26H24ClN3O3. The summed E-state index contributed by atoms with van der Waals surface area (Å²) in [6, 6.07) is 15.9. The van der Waals surface area contributed by atoms with Crippen molar-refractivity contribution in [3.8, 4) is 5.75 Å². The molecule has 1 amide bonds. The first-order valence-corrected chi connectivity index (χ1v) is 10.9. The van der Waals surface area contributed by atoms with Crippen molar-refractivity contribution in [2.24, 2.45) is 0 Å². The highest BCUT2D eigenvalue weighted by molar-refractivity contribution is 6.30. The summed E-state index contributed by atoms with van der Waals surface area (Å²) in [6.07, 6.45) is 3.53. The monoisotopic (exact) mass is 461 g/mol. The number of nitrogens with zero attached hydrogens (tertiary/aromatic N) is 2. The molecule has 4 rings (SSSR count). The highest BCUT2D eigenvalue weighted by atomic mass is 35.5. The Morgan fingerprint density at radius 1 is 1.09 bits per heavy atom. The molecule has 2 aromatic heterocycles. The predicted molar refractivity (Wildman–Crippen MR) is 129 cm³/mol. The Morgan fingerprint density at radius 3 is 2.45 bits per heavy atom. The molecule has 33 heavy (non-hydrogen) atoms. The van der Waals surface area contributed by atoms with E-state index in [0.717, 1.165) is 22.0 Å². The number of fused-ring (bicyclic) bond motifs is 1. The second-order valence-corrected chi connectivity index (χ2v) is 8.28. The minimum atomic E-state index is -0.184. The molecule has 6 nitrogen and oxygen atoms in total. The van der Waals surface area contributed by atoms with Crippen LogP contribution in [-0.4, -0.2) is 28.5 Å². The number of hydrogen-bond acceptors (Lipinski definition) is 4. The number of halogens is 1. The summed E-state index contributed by atoms with van der Waals surface area (Å²) >= 11 is 5.99. The van der Waals surface area contributed by atoms with E-state index in [9.17, 15) is 9.59 Å². The first-order valence-electron chi connectivity index (χ1n) is 10.6. The van der Waals surface area contributed by atoms with E-state index < -0.39 is 0 Å². The van der Waals surface area contributed by atoms with E-state index >= 15 is 0 Å². The maximum absolute atomic E-state index is 13.4. The van der Waals surface area contributed by atoms with E-state index in [1.165, 1.54) is 0 Å². The van der Waals surface area contributed by atoms with Gasteiger partial charge in [0.2, 0.25) is 5.91 Å². The summed E-state index contributed by atoms with van der Waals surface area (Å²) in [5, 5.41) is 4.40. The second kappa shape index (κ2) is 9.46. The van der Waals surface area contributed by atoms with Crippen LogP contribution in [-0.2, 0) is 11.2 Å². The van der Waals surface area contributed by atoms with E-state index in [0.29, 0.717) is 22.0 Å². The number of pyridine rings is 1. The van der Waals surface area contributed by atoms with Gasteiger partial charge in [0.1, 0.15) is 5.75 Å². The van der Waals surface area contributed by atoms with Gasteiger partial charge in [-0.15, -0.1) is 0 Å². The normalized spacial score (nSPS) is 11.9. The Balaban J connectivity index is 1.71. The fraction of sp³-hybridized carbons (Fsp3) is 0.192. The van der Waals surface area contributed by atoms with Gasteiger partial charge in [-0.3, -0.25) is 19.1 Å². The largest absolute Gasteiger partial charge is 0.497 e. The fourth-order valence-corrected chi connectivity index (χ4v) is 4.11. The first-order chi connectivity index (χ1) is 15.9. The molecule has 0 spiro atoms. The average Bonchev–Trinajstić information content (AvgIpc) is 3.10. The summed E-state index contributed by atoms with van der Waals surface area (Å²) in [7, 11) is 1.59. The zero-order valence-corrected chi connectivity index (χ0v) is 19.4. The summed E-state index contributed by atoms with van der Waals surface area (Å²) in [5.74, 6) is 0.338. The number of nitrogens with one attached hydrogen (secondary N) is 1. The molecule has 0 saturated carbocycles. The minimum absolute atomic E-state index is 0.131. The van der Waals surface area contributed by atoms with Gasteiger partial charge < -0.3 is 10.1 Å². The number of benzene rings is 2. The van der Waals surface area contributed by atoms with Gasteiger partial charge >= 0.3 is 0 Å². The standard InChI is InChI=1S/C26H24ClN3O3/c1-16(18-10-12-28-13-11-18)29-25(31)15-22-17(2)30(24-9-8-21(33-3)14-23(22)24)26(32)19-4-6-20(27)7-5-19/h4-14,16H,15H2,1-3H3,(H,29,31)/t16-/m0/s1. The Bertz CT molecular complexity index is 1310. The summed E-state index contributed by atoms with van der Waals surface area (Å²) in [4.78, 5) is 30.4. The lowest BCUT2D eigenvalue weighted by atomic mass is 10.1. The van der Waals surface area contributed by atoms with Crippen LogP contribution in [0.1, 0.15) is 40.1 Å². The first kappa shape index (κ1) is 22.6. The second-order valence-electron chi connectivity index (χ2n) is 7.84. The smallest absolute Gasteiger partial charge is 0.262 e. The van der Waals surface area contributed by atoms with Gasteiger partial charge in [-0.2, -0.15) is 0 Å². The molecule has 1 atom stereocenters. The van der Waals surface area contributed by atoms with Crippen molar-refractivity contribution in [2.75, 3.05) is 7.11 Å². The minimum Gasteiger partial charge on any atom is -0.497 e. The molecule has 7 heteroatoms. The molecule has 0 bridgehead atoms. The van der Waals surface area contributed by atoms with Crippen molar-refractivity contribution >= 4 is 34.3 Å². The lowest BCUT2D eigenvalue weighted by Crippen LogP contribution is -2.28. The molecule has 0 aliphatic heterocycles. The van der Waals surface area contributed by atoms with Crippen molar-refractivity contribution < 1.29 is 14.3 Å². The zero-order chi connectivity index (χ0) is 23.5. The Labute approximate surface area is 197 Å². The highest BCUT2D eigenvalue weighted by Gasteiger charge is 2.22. The van der Waals surface area contributed by atoms with E-state index in [-0.39, 0.29) is 24.3 Å². The molecule has 0 unspecified atom stereocenters. The molecule has 0 aliphatic rings. The van der Waals surface area contributed by atoms with Crippen LogP contribution in [0.2, 0.25) is 5.02 Å². The highest BCUT2D eigenvalue weighted by Crippen LogP contribution is 2.31. The fourth-order valence-electron chi connectivity index (χ4n) is 3.98. The number of hydrogen-bond donors (Lipinski definition) is 1. The molecule has 4 aromatic rings. The lowest BCUT2D eigenvalue weighted by molar-refractivity contribution is -0.121. The van der Waals surface area contributed by atoms with Gasteiger partial charge in [0, 0.05) is 34.1 Å². The Kier molecular flexibility index (Phi) is 6.47. The number of rotatable bonds is 6. The molecule has 2 heterocycles. The topological polar surface area (TPSA) is 73.2 Å². The van der Waals surface area contributed by atoms with Crippen LogP contribution < -0.4 is 10.1 Å². The van der Waals surface area contributed by atoms with Crippen LogP contribution in [0.5, 0.6) is 5.75 Å². The van der Waals surface area contributed by atoms with Crippen LogP contribution >= 0.6 is 11.6 Å². The summed E-state index contributed by atoms with van der Waals surface area (Å²) in [5.41, 5.74) is 3.70. The van der Waals surface area contributed by atoms with Crippen molar-refractivity contribution in [2.45, 2.75) is 26.3 Å². The van der Waals surface area contributed by atoms with Crippen molar-refractivity contribution in [1.29, 1.82) is 0 Å². The van der Waals surface area contributed by atoms with Crippen molar-refractivity contribution in [3.63, 3.8) is 0 Å². The molecule has 0 fully saturated rings. The molecule has 168 valence electrons. The van der Waals surface area contributed by atoms with Gasteiger partial charge in [-0.25, -0.2) is 0 Å². The Morgan fingerprint density at radius 2 is 1.79 bits per heavy atom. The van der Waals surface area contributed by atoms with Gasteiger partial charge in [0.25, 0.3) is 5.91 Å². The van der Waals surface area contributed by atoms with Crippen LogP contribution in [0.15, 0.2) is 67.0 Å². The maximum atomic E-state index is 13.4. The molecule has 0 radical (unpaired) electrons.